The fourth-order valence-corrected chi connectivity index (χ4v) is 1.56. The predicted molar refractivity (Wildman–Crippen MR) is 57.1 cm³/mol. The van der Waals surface area contributed by atoms with E-state index in [2.05, 4.69) is 4.98 Å². The molecule has 0 bridgehead atoms. The minimum atomic E-state index is -0.766. The Morgan fingerprint density at radius 1 is 1.40 bits per heavy atom. The van der Waals surface area contributed by atoms with E-state index in [-0.39, 0.29) is 5.56 Å². The Hall–Kier alpha value is -2.12. The number of hydrogen-bond donors (Lipinski definition) is 2. The highest BCUT2D eigenvalue weighted by atomic mass is 16.1. The Morgan fingerprint density at radius 3 is 2.87 bits per heavy atom. The average molecular weight is 199 g/mol. The minimum absolute atomic E-state index is 0.241. The first-order valence-corrected chi connectivity index (χ1v) is 4.49. The number of fused-ring (bicyclic) bond motifs is 1. The Balaban J connectivity index is 2.84. The van der Waals surface area contributed by atoms with E-state index in [0.717, 1.165) is 5.39 Å². The summed E-state index contributed by atoms with van der Waals surface area (Å²) < 4.78 is 0. The average Bonchev–Trinajstić information content (AvgIpc) is 2.26. The van der Waals surface area contributed by atoms with Gasteiger partial charge in [0.05, 0.1) is 6.07 Å². The third-order valence-corrected chi connectivity index (χ3v) is 2.26. The number of hydrogen-bond acceptors (Lipinski definition) is 3. The first-order chi connectivity index (χ1) is 7.22. The van der Waals surface area contributed by atoms with E-state index in [9.17, 15) is 4.79 Å². The Morgan fingerprint density at radius 2 is 2.13 bits per heavy atom. The third kappa shape index (κ3) is 1.60. The SMILES string of the molecule is N#CC(N)c1cc(=O)[nH]c2ccccc12. The molecule has 2 aromatic rings. The van der Waals surface area contributed by atoms with Crippen LogP contribution in [-0.4, -0.2) is 4.98 Å². The van der Waals surface area contributed by atoms with Crippen molar-refractivity contribution in [3.63, 3.8) is 0 Å². The normalized spacial score (nSPS) is 12.3. The number of rotatable bonds is 1. The van der Waals surface area contributed by atoms with Crippen LogP contribution in [0.25, 0.3) is 10.9 Å². The lowest BCUT2D eigenvalue weighted by Gasteiger charge is -2.06. The van der Waals surface area contributed by atoms with Gasteiger partial charge in [0, 0.05) is 17.0 Å². The smallest absolute Gasteiger partial charge is 0.248 e. The molecule has 0 saturated carbocycles. The van der Waals surface area contributed by atoms with Crippen LogP contribution in [0.15, 0.2) is 35.1 Å². The summed E-state index contributed by atoms with van der Waals surface area (Å²) in [5.41, 5.74) is 6.64. The predicted octanol–water partition coefficient (Wildman–Crippen LogP) is 1.05. The molecule has 74 valence electrons. The molecule has 4 heteroatoms. The molecule has 0 spiro atoms. The molecule has 1 heterocycles. The summed E-state index contributed by atoms with van der Waals surface area (Å²) in [7, 11) is 0. The van der Waals surface area contributed by atoms with Gasteiger partial charge in [-0.3, -0.25) is 4.79 Å². The molecule has 0 aliphatic heterocycles. The summed E-state index contributed by atoms with van der Waals surface area (Å²) in [6, 6.07) is 9.80. The molecule has 1 unspecified atom stereocenters. The van der Waals surface area contributed by atoms with Crippen molar-refractivity contribution in [1.29, 1.82) is 5.26 Å². The fraction of sp³-hybridized carbons (Fsp3) is 0.0909. The molecule has 1 aromatic heterocycles. The van der Waals surface area contributed by atoms with E-state index in [0.29, 0.717) is 11.1 Å². The zero-order valence-corrected chi connectivity index (χ0v) is 7.90. The van der Waals surface area contributed by atoms with Crippen molar-refractivity contribution in [3.05, 3.63) is 46.2 Å². The molecular weight excluding hydrogens is 190 g/mol. The minimum Gasteiger partial charge on any atom is -0.322 e. The highest BCUT2D eigenvalue weighted by Gasteiger charge is 2.09. The van der Waals surface area contributed by atoms with Gasteiger partial charge in [-0.15, -0.1) is 0 Å². The molecule has 4 nitrogen and oxygen atoms in total. The van der Waals surface area contributed by atoms with Crippen LogP contribution in [0.5, 0.6) is 0 Å². The Labute approximate surface area is 86.0 Å². The van der Waals surface area contributed by atoms with Crippen LogP contribution < -0.4 is 11.3 Å². The maximum Gasteiger partial charge on any atom is 0.248 e. The van der Waals surface area contributed by atoms with Gasteiger partial charge in [-0.1, -0.05) is 18.2 Å². The zero-order valence-electron chi connectivity index (χ0n) is 7.90. The van der Waals surface area contributed by atoms with Crippen molar-refractivity contribution in [3.8, 4) is 6.07 Å². The van der Waals surface area contributed by atoms with E-state index in [1.54, 1.807) is 6.07 Å². The summed E-state index contributed by atoms with van der Waals surface area (Å²) in [6.07, 6.45) is 0. The van der Waals surface area contributed by atoms with Crippen LogP contribution in [0.3, 0.4) is 0 Å². The van der Waals surface area contributed by atoms with Crippen LogP contribution in [-0.2, 0) is 0 Å². The summed E-state index contributed by atoms with van der Waals surface area (Å²) in [6.45, 7) is 0. The molecule has 0 radical (unpaired) electrons. The number of aromatic nitrogens is 1. The van der Waals surface area contributed by atoms with E-state index < -0.39 is 6.04 Å². The van der Waals surface area contributed by atoms with Gasteiger partial charge in [0.15, 0.2) is 0 Å². The number of nitriles is 1. The maximum absolute atomic E-state index is 11.3. The molecule has 0 aliphatic rings. The summed E-state index contributed by atoms with van der Waals surface area (Å²) in [5.74, 6) is 0. The second kappa shape index (κ2) is 3.56. The molecule has 1 atom stereocenters. The van der Waals surface area contributed by atoms with Gasteiger partial charge in [0.2, 0.25) is 5.56 Å². The molecule has 3 N–H and O–H groups in total. The number of pyridine rings is 1. The van der Waals surface area contributed by atoms with Crippen molar-refractivity contribution >= 4 is 10.9 Å². The molecule has 1 aromatic carbocycles. The number of benzene rings is 1. The standard InChI is InChI=1S/C11H9N3O/c12-6-9(13)8-5-11(15)14-10-4-2-1-3-7(8)10/h1-5,9H,13H2,(H,14,15). The lowest BCUT2D eigenvalue weighted by molar-refractivity contribution is 0.931. The van der Waals surface area contributed by atoms with Gasteiger partial charge in [0.1, 0.15) is 6.04 Å². The Kier molecular flexibility index (Phi) is 2.24. The number of nitrogens with zero attached hydrogens (tertiary/aromatic N) is 1. The van der Waals surface area contributed by atoms with E-state index >= 15 is 0 Å². The Bertz CT molecular complexity index is 595. The van der Waals surface area contributed by atoms with E-state index in [4.69, 9.17) is 11.0 Å². The second-order valence-corrected chi connectivity index (χ2v) is 3.24. The summed E-state index contributed by atoms with van der Waals surface area (Å²) >= 11 is 0. The van der Waals surface area contributed by atoms with Gasteiger partial charge in [0.25, 0.3) is 0 Å². The van der Waals surface area contributed by atoms with Crippen LogP contribution in [0, 0.1) is 11.3 Å². The lowest BCUT2D eigenvalue weighted by atomic mass is 10.0. The van der Waals surface area contributed by atoms with Crippen LogP contribution >= 0.6 is 0 Å². The van der Waals surface area contributed by atoms with Crippen molar-refractivity contribution < 1.29 is 0 Å². The second-order valence-electron chi connectivity index (χ2n) is 3.24. The highest BCUT2D eigenvalue weighted by Crippen LogP contribution is 2.18. The number of nitrogens with one attached hydrogen (secondary N) is 1. The number of nitrogens with two attached hydrogens (primary N) is 1. The summed E-state index contributed by atoms with van der Waals surface area (Å²) in [5, 5.41) is 9.56. The number of H-pyrrole nitrogens is 1. The monoisotopic (exact) mass is 199 g/mol. The van der Waals surface area contributed by atoms with Crippen LogP contribution in [0.4, 0.5) is 0 Å². The topological polar surface area (TPSA) is 82.7 Å². The molecule has 0 amide bonds. The van der Waals surface area contributed by atoms with Crippen molar-refractivity contribution in [1.82, 2.24) is 4.98 Å². The van der Waals surface area contributed by atoms with Gasteiger partial charge in [-0.2, -0.15) is 5.26 Å². The lowest BCUT2D eigenvalue weighted by Crippen LogP contribution is -2.13. The van der Waals surface area contributed by atoms with Gasteiger partial charge < -0.3 is 10.7 Å². The fourth-order valence-electron chi connectivity index (χ4n) is 1.56. The van der Waals surface area contributed by atoms with Crippen molar-refractivity contribution in [2.45, 2.75) is 6.04 Å². The summed E-state index contributed by atoms with van der Waals surface area (Å²) in [4.78, 5) is 14.0. The van der Waals surface area contributed by atoms with E-state index in [1.807, 2.05) is 24.3 Å². The molecule has 2 rings (SSSR count). The first kappa shape index (κ1) is 9.44. The van der Waals surface area contributed by atoms with Gasteiger partial charge in [-0.05, 0) is 11.6 Å². The van der Waals surface area contributed by atoms with Gasteiger partial charge >= 0.3 is 0 Å². The zero-order chi connectivity index (χ0) is 10.8. The third-order valence-electron chi connectivity index (χ3n) is 2.26. The van der Waals surface area contributed by atoms with Crippen LogP contribution in [0.2, 0.25) is 0 Å². The van der Waals surface area contributed by atoms with Crippen LogP contribution in [0.1, 0.15) is 11.6 Å². The first-order valence-electron chi connectivity index (χ1n) is 4.49. The molecule has 15 heavy (non-hydrogen) atoms. The van der Waals surface area contributed by atoms with Crippen molar-refractivity contribution in [2.24, 2.45) is 5.73 Å². The van der Waals surface area contributed by atoms with E-state index in [1.165, 1.54) is 6.07 Å². The highest BCUT2D eigenvalue weighted by molar-refractivity contribution is 5.82. The number of aromatic amines is 1. The molecule has 0 saturated heterocycles. The molecular formula is C11H9N3O. The number of para-hydroxylation sites is 1. The largest absolute Gasteiger partial charge is 0.322 e. The molecule has 0 aliphatic carbocycles. The maximum atomic E-state index is 11.3. The quantitative estimate of drug-likeness (QED) is 0.720. The van der Waals surface area contributed by atoms with Crippen molar-refractivity contribution in [2.75, 3.05) is 0 Å². The van der Waals surface area contributed by atoms with Gasteiger partial charge in [-0.25, -0.2) is 0 Å². The molecule has 0 fully saturated rings.